The fourth-order valence-electron chi connectivity index (χ4n) is 2.55. The van der Waals surface area contributed by atoms with Gasteiger partial charge >= 0.3 is 5.97 Å². The molecule has 1 aromatic carbocycles. The number of hydrogen-bond acceptors (Lipinski definition) is 5. The van der Waals surface area contributed by atoms with Crippen molar-refractivity contribution >= 4 is 29.2 Å². The highest BCUT2D eigenvalue weighted by Crippen LogP contribution is 2.24. The number of allylic oxidation sites excluding steroid dienone is 2. The van der Waals surface area contributed by atoms with Gasteiger partial charge in [0.2, 0.25) is 0 Å². The lowest BCUT2D eigenvalue weighted by atomic mass is 10.2. The molecular formula is C16H17ClN2O5. The molecule has 128 valence electrons. The van der Waals surface area contributed by atoms with E-state index in [1.165, 1.54) is 6.07 Å². The third-order valence-corrected chi connectivity index (χ3v) is 3.92. The normalized spacial score (nSPS) is 13.3. The first-order valence-corrected chi connectivity index (χ1v) is 7.92. The fraction of sp³-hybridized carbons (Fsp3) is 0.375. The molecule has 0 bridgehead atoms. The summed E-state index contributed by atoms with van der Waals surface area (Å²) in [5.74, 6) is -1.31. The standard InChI is InChI=1S/C16H17ClN2O5/c1-2-18(12-5-3-4-6-12)15(20)10-24-16(21)13-9-11(17)7-8-14(13)19(22)23/h5,7-9H,2-4,6,10H2,1H3. The van der Waals surface area contributed by atoms with E-state index < -0.39 is 23.2 Å². The number of nitro groups is 1. The Morgan fingerprint density at radius 3 is 2.75 bits per heavy atom. The Hall–Kier alpha value is -2.41. The summed E-state index contributed by atoms with van der Waals surface area (Å²) in [6.07, 6.45) is 4.72. The molecular weight excluding hydrogens is 336 g/mol. The van der Waals surface area contributed by atoms with Crippen molar-refractivity contribution in [1.29, 1.82) is 0 Å². The number of ether oxygens (including phenoxy) is 1. The molecule has 0 heterocycles. The second-order valence-corrected chi connectivity index (χ2v) is 5.66. The van der Waals surface area contributed by atoms with Crippen LogP contribution in [0.4, 0.5) is 5.69 Å². The van der Waals surface area contributed by atoms with Gasteiger partial charge in [0.25, 0.3) is 11.6 Å². The molecule has 24 heavy (non-hydrogen) atoms. The van der Waals surface area contributed by atoms with E-state index in [0.29, 0.717) is 6.54 Å². The van der Waals surface area contributed by atoms with Gasteiger partial charge in [-0.05, 0) is 38.3 Å². The summed E-state index contributed by atoms with van der Waals surface area (Å²) in [4.78, 5) is 36.2. The fourth-order valence-corrected chi connectivity index (χ4v) is 2.72. The van der Waals surface area contributed by atoms with Crippen LogP contribution < -0.4 is 0 Å². The Morgan fingerprint density at radius 2 is 2.17 bits per heavy atom. The lowest BCUT2D eigenvalue weighted by Gasteiger charge is -2.22. The summed E-state index contributed by atoms with van der Waals surface area (Å²) in [5.41, 5.74) is 0.235. The van der Waals surface area contributed by atoms with Crippen LogP contribution in [0.2, 0.25) is 5.02 Å². The Morgan fingerprint density at radius 1 is 1.42 bits per heavy atom. The lowest BCUT2D eigenvalue weighted by molar-refractivity contribution is -0.385. The molecule has 0 N–H and O–H groups in total. The second kappa shape index (κ2) is 7.92. The molecule has 0 saturated heterocycles. The van der Waals surface area contributed by atoms with Crippen molar-refractivity contribution < 1.29 is 19.2 Å². The quantitative estimate of drug-likeness (QED) is 0.445. The molecule has 2 rings (SSSR count). The Bertz CT molecular complexity index is 702. The monoisotopic (exact) mass is 352 g/mol. The average molecular weight is 353 g/mol. The molecule has 0 fully saturated rings. The molecule has 0 atom stereocenters. The highest BCUT2D eigenvalue weighted by molar-refractivity contribution is 6.31. The van der Waals surface area contributed by atoms with Crippen LogP contribution in [0.15, 0.2) is 30.0 Å². The summed E-state index contributed by atoms with van der Waals surface area (Å²) in [5, 5.41) is 11.1. The van der Waals surface area contributed by atoms with E-state index in [0.717, 1.165) is 37.1 Å². The summed E-state index contributed by atoms with van der Waals surface area (Å²) in [7, 11) is 0. The van der Waals surface area contributed by atoms with Gasteiger partial charge in [0, 0.05) is 23.3 Å². The highest BCUT2D eigenvalue weighted by atomic mass is 35.5. The van der Waals surface area contributed by atoms with Crippen LogP contribution in [0, 0.1) is 10.1 Å². The lowest BCUT2D eigenvalue weighted by Crippen LogP contribution is -2.33. The molecule has 1 aliphatic carbocycles. The van der Waals surface area contributed by atoms with Crippen LogP contribution in [0.25, 0.3) is 0 Å². The molecule has 0 radical (unpaired) electrons. The number of amides is 1. The first kappa shape index (κ1) is 17.9. The minimum atomic E-state index is -0.950. The number of esters is 1. The van der Waals surface area contributed by atoms with Gasteiger partial charge in [0.15, 0.2) is 6.61 Å². The van der Waals surface area contributed by atoms with Gasteiger partial charge in [-0.25, -0.2) is 4.79 Å². The first-order valence-electron chi connectivity index (χ1n) is 7.54. The van der Waals surface area contributed by atoms with Crippen LogP contribution in [0.3, 0.4) is 0 Å². The number of hydrogen-bond donors (Lipinski definition) is 0. The molecule has 0 spiro atoms. The SMILES string of the molecule is CCN(C(=O)COC(=O)c1cc(Cl)ccc1[N+](=O)[O-])C1=CCCC1. The van der Waals surface area contributed by atoms with Crippen molar-refractivity contribution in [3.63, 3.8) is 0 Å². The van der Waals surface area contributed by atoms with Crippen molar-refractivity contribution in [2.45, 2.75) is 26.2 Å². The van der Waals surface area contributed by atoms with Crippen molar-refractivity contribution in [3.8, 4) is 0 Å². The van der Waals surface area contributed by atoms with E-state index in [1.54, 1.807) is 4.90 Å². The number of likely N-dealkylation sites (N-methyl/N-ethyl adjacent to an activating group) is 1. The molecule has 1 aromatic rings. The van der Waals surface area contributed by atoms with E-state index >= 15 is 0 Å². The number of benzene rings is 1. The van der Waals surface area contributed by atoms with Crippen molar-refractivity contribution in [2.75, 3.05) is 13.2 Å². The Kier molecular flexibility index (Phi) is 5.92. The minimum Gasteiger partial charge on any atom is -0.452 e. The number of nitro benzene ring substituents is 1. The van der Waals surface area contributed by atoms with Gasteiger partial charge in [-0.3, -0.25) is 14.9 Å². The maximum Gasteiger partial charge on any atom is 0.345 e. The summed E-state index contributed by atoms with van der Waals surface area (Å²) in [6.45, 7) is 1.83. The number of halogens is 1. The minimum absolute atomic E-state index is 0.171. The predicted molar refractivity (Wildman–Crippen MR) is 87.7 cm³/mol. The topological polar surface area (TPSA) is 89.8 Å². The smallest absolute Gasteiger partial charge is 0.345 e. The zero-order valence-electron chi connectivity index (χ0n) is 13.2. The van der Waals surface area contributed by atoms with Crippen LogP contribution in [0.1, 0.15) is 36.5 Å². The maximum atomic E-state index is 12.2. The summed E-state index contributed by atoms with van der Waals surface area (Å²) < 4.78 is 4.96. The van der Waals surface area contributed by atoms with Gasteiger partial charge in [-0.2, -0.15) is 0 Å². The number of nitrogens with zero attached hydrogens (tertiary/aromatic N) is 2. The molecule has 0 aliphatic heterocycles. The van der Waals surface area contributed by atoms with Crippen LogP contribution in [0.5, 0.6) is 0 Å². The predicted octanol–water partition coefficient (Wildman–Crippen LogP) is 3.32. The molecule has 0 aromatic heterocycles. The first-order chi connectivity index (χ1) is 11.4. The highest BCUT2D eigenvalue weighted by Gasteiger charge is 2.24. The second-order valence-electron chi connectivity index (χ2n) is 5.22. The molecule has 0 saturated carbocycles. The molecule has 1 aliphatic rings. The van der Waals surface area contributed by atoms with E-state index in [9.17, 15) is 19.7 Å². The largest absolute Gasteiger partial charge is 0.452 e. The Balaban J connectivity index is 2.06. The van der Waals surface area contributed by atoms with E-state index in [-0.39, 0.29) is 16.5 Å². The third-order valence-electron chi connectivity index (χ3n) is 3.68. The van der Waals surface area contributed by atoms with E-state index in [4.69, 9.17) is 16.3 Å². The molecule has 8 heteroatoms. The summed E-state index contributed by atoms with van der Waals surface area (Å²) in [6, 6.07) is 3.60. The van der Waals surface area contributed by atoms with Gasteiger partial charge in [0.05, 0.1) is 4.92 Å². The van der Waals surface area contributed by atoms with Crippen LogP contribution in [-0.4, -0.2) is 34.9 Å². The zero-order valence-corrected chi connectivity index (χ0v) is 13.9. The molecule has 0 unspecified atom stereocenters. The number of carbonyl (C=O) groups is 2. The van der Waals surface area contributed by atoms with Crippen molar-refractivity contribution in [2.24, 2.45) is 0 Å². The third kappa shape index (κ3) is 4.11. The maximum absolute atomic E-state index is 12.2. The average Bonchev–Trinajstić information content (AvgIpc) is 3.07. The van der Waals surface area contributed by atoms with Gasteiger partial charge in [0.1, 0.15) is 5.56 Å². The van der Waals surface area contributed by atoms with Crippen LogP contribution in [-0.2, 0) is 9.53 Å². The van der Waals surface area contributed by atoms with Crippen LogP contribution >= 0.6 is 11.6 Å². The zero-order chi connectivity index (χ0) is 17.7. The van der Waals surface area contributed by atoms with E-state index in [1.807, 2.05) is 13.0 Å². The van der Waals surface area contributed by atoms with Crippen molar-refractivity contribution in [3.05, 3.63) is 50.7 Å². The summed E-state index contributed by atoms with van der Waals surface area (Å²) >= 11 is 5.77. The number of rotatable bonds is 6. The van der Waals surface area contributed by atoms with Gasteiger partial charge < -0.3 is 9.64 Å². The van der Waals surface area contributed by atoms with E-state index in [2.05, 4.69) is 0 Å². The molecule has 1 amide bonds. The Labute approximate surface area is 144 Å². The molecule has 7 nitrogen and oxygen atoms in total. The van der Waals surface area contributed by atoms with Crippen molar-refractivity contribution in [1.82, 2.24) is 4.90 Å². The van der Waals surface area contributed by atoms with Gasteiger partial charge in [-0.15, -0.1) is 0 Å². The van der Waals surface area contributed by atoms with Gasteiger partial charge in [-0.1, -0.05) is 17.7 Å². The number of carbonyl (C=O) groups excluding carboxylic acids is 2.